The van der Waals surface area contributed by atoms with E-state index in [0.29, 0.717) is 12.2 Å². The lowest BCUT2D eigenvalue weighted by molar-refractivity contribution is -0.134. The molecular formula is C16H19NO4. The van der Waals surface area contributed by atoms with Gasteiger partial charge in [0.2, 0.25) is 5.91 Å². The van der Waals surface area contributed by atoms with Crippen LogP contribution in [-0.2, 0) is 16.2 Å². The number of hydrogen-bond acceptors (Lipinski definition) is 4. The molecule has 21 heavy (non-hydrogen) atoms. The number of carbonyl (C=O) groups excluding carboxylic acids is 1. The average molecular weight is 289 g/mol. The van der Waals surface area contributed by atoms with Crippen LogP contribution >= 0.6 is 0 Å². The highest BCUT2D eigenvalue weighted by molar-refractivity contribution is 5.89. The van der Waals surface area contributed by atoms with E-state index >= 15 is 0 Å². The first kappa shape index (κ1) is 15.1. The highest BCUT2D eigenvalue weighted by Crippen LogP contribution is 2.31. The Labute approximate surface area is 123 Å². The Morgan fingerprint density at radius 2 is 1.90 bits per heavy atom. The minimum Gasteiger partial charge on any atom is -0.497 e. The smallest absolute Gasteiger partial charge is 0.243 e. The van der Waals surface area contributed by atoms with Crippen molar-refractivity contribution in [2.24, 2.45) is 0 Å². The van der Waals surface area contributed by atoms with Crippen molar-refractivity contribution in [1.82, 2.24) is 5.48 Å². The Morgan fingerprint density at radius 3 is 2.57 bits per heavy atom. The fraction of sp³-hybridized carbons (Fsp3) is 0.312. The van der Waals surface area contributed by atoms with Crippen molar-refractivity contribution < 1.29 is 19.1 Å². The van der Waals surface area contributed by atoms with Gasteiger partial charge < -0.3 is 9.47 Å². The van der Waals surface area contributed by atoms with Gasteiger partial charge in [0.15, 0.2) is 0 Å². The second-order valence-corrected chi connectivity index (χ2v) is 4.50. The van der Waals surface area contributed by atoms with Gasteiger partial charge in [-0.1, -0.05) is 19.1 Å². The largest absolute Gasteiger partial charge is 0.497 e. The fourth-order valence-electron chi connectivity index (χ4n) is 2.07. The van der Waals surface area contributed by atoms with Crippen molar-refractivity contribution in [2.75, 3.05) is 14.2 Å². The van der Waals surface area contributed by atoms with Gasteiger partial charge >= 0.3 is 0 Å². The maximum Gasteiger partial charge on any atom is 0.243 e. The number of rotatable bonds is 6. The van der Waals surface area contributed by atoms with Gasteiger partial charge in [-0.05, 0) is 29.0 Å². The van der Waals surface area contributed by atoms with Crippen LogP contribution in [0.2, 0.25) is 0 Å². The molecule has 0 aromatic heterocycles. The normalized spacial score (nSPS) is 10.4. The van der Waals surface area contributed by atoms with Crippen LogP contribution in [0.25, 0.3) is 10.8 Å². The standard InChI is InChI=1S/C16H19NO4/c1-4-16(18)17-21-10-14-13-9-12(19-2)7-5-11(13)6-8-15(14)20-3/h5-9H,4,10H2,1-3H3,(H,17,18). The number of amides is 1. The van der Waals surface area contributed by atoms with E-state index in [1.54, 1.807) is 21.1 Å². The molecule has 0 radical (unpaired) electrons. The number of hydroxylamine groups is 1. The van der Waals surface area contributed by atoms with Gasteiger partial charge in [-0.15, -0.1) is 0 Å². The van der Waals surface area contributed by atoms with Gasteiger partial charge in [-0.25, -0.2) is 5.48 Å². The maximum atomic E-state index is 11.2. The molecule has 2 aromatic rings. The first-order valence-corrected chi connectivity index (χ1v) is 6.73. The summed E-state index contributed by atoms with van der Waals surface area (Å²) in [5, 5.41) is 2.02. The third-order valence-electron chi connectivity index (χ3n) is 3.24. The third kappa shape index (κ3) is 3.44. The van der Waals surface area contributed by atoms with E-state index in [0.717, 1.165) is 22.1 Å². The van der Waals surface area contributed by atoms with Crippen molar-refractivity contribution in [1.29, 1.82) is 0 Å². The summed E-state index contributed by atoms with van der Waals surface area (Å²) in [5.41, 5.74) is 3.27. The topological polar surface area (TPSA) is 56.8 Å². The molecule has 0 atom stereocenters. The summed E-state index contributed by atoms with van der Waals surface area (Å²) in [4.78, 5) is 16.5. The Hall–Kier alpha value is -2.27. The van der Waals surface area contributed by atoms with E-state index in [-0.39, 0.29) is 12.5 Å². The molecule has 0 heterocycles. The second-order valence-electron chi connectivity index (χ2n) is 4.50. The molecular weight excluding hydrogens is 270 g/mol. The number of carbonyl (C=O) groups is 1. The fourth-order valence-corrected chi connectivity index (χ4v) is 2.07. The van der Waals surface area contributed by atoms with Gasteiger partial charge in [0.1, 0.15) is 18.1 Å². The lowest BCUT2D eigenvalue weighted by Crippen LogP contribution is -2.22. The molecule has 0 bridgehead atoms. The number of fused-ring (bicyclic) bond motifs is 1. The molecule has 0 aliphatic carbocycles. The van der Waals surface area contributed by atoms with Crippen molar-refractivity contribution in [3.05, 3.63) is 35.9 Å². The zero-order chi connectivity index (χ0) is 15.2. The van der Waals surface area contributed by atoms with Gasteiger partial charge in [-0.2, -0.15) is 0 Å². The Balaban J connectivity index is 2.35. The van der Waals surface area contributed by atoms with E-state index in [1.807, 2.05) is 30.3 Å². The van der Waals surface area contributed by atoms with E-state index in [2.05, 4.69) is 5.48 Å². The zero-order valence-corrected chi connectivity index (χ0v) is 12.4. The number of benzene rings is 2. The summed E-state index contributed by atoms with van der Waals surface area (Å²) in [6.07, 6.45) is 0.375. The molecule has 0 aliphatic heterocycles. The first-order chi connectivity index (χ1) is 10.2. The summed E-state index contributed by atoms with van der Waals surface area (Å²) in [7, 11) is 3.23. The van der Waals surface area contributed by atoms with Gasteiger partial charge in [0.25, 0.3) is 0 Å². The Kier molecular flexibility index (Phi) is 5.00. The molecule has 2 aromatic carbocycles. The Bertz CT molecular complexity index is 634. The van der Waals surface area contributed by atoms with Crippen LogP contribution in [-0.4, -0.2) is 20.1 Å². The molecule has 0 spiro atoms. The predicted molar refractivity (Wildman–Crippen MR) is 80.3 cm³/mol. The van der Waals surface area contributed by atoms with Crippen LogP contribution in [0.3, 0.4) is 0 Å². The summed E-state index contributed by atoms with van der Waals surface area (Å²) in [5.74, 6) is 1.31. The zero-order valence-electron chi connectivity index (χ0n) is 12.4. The lowest BCUT2D eigenvalue weighted by Gasteiger charge is -2.13. The van der Waals surface area contributed by atoms with Gasteiger partial charge in [-0.3, -0.25) is 9.63 Å². The second kappa shape index (κ2) is 6.95. The van der Waals surface area contributed by atoms with Crippen LogP contribution < -0.4 is 15.0 Å². The molecule has 1 N–H and O–H groups in total. The predicted octanol–water partition coefficient (Wildman–Crippen LogP) is 2.81. The van der Waals surface area contributed by atoms with Gasteiger partial charge in [0.05, 0.1) is 14.2 Å². The highest BCUT2D eigenvalue weighted by atomic mass is 16.7. The molecule has 2 rings (SSSR count). The molecule has 0 unspecified atom stereocenters. The molecule has 0 saturated heterocycles. The van der Waals surface area contributed by atoms with Crippen molar-refractivity contribution in [2.45, 2.75) is 20.0 Å². The molecule has 0 saturated carbocycles. The van der Waals surface area contributed by atoms with Crippen LogP contribution in [0.15, 0.2) is 30.3 Å². The molecule has 0 aliphatic rings. The van der Waals surface area contributed by atoms with Crippen LogP contribution in [0.1, 0.15) is 18.9 Å². The SMILES string of the molecule is CCC(=O)NOCc1c(OC)ccc2ccc(OC)cc12. The van der Waals surface area contributed by atoms with Crippen molar-refractivity contribution in [3.8, 4) is 11.5 Å². The Morgan fingerprint density at radius 1 is 1.14 bits per heavy atom. The number of hydrogen-bond donors (Lipinski definition) is 1. The third-order valence-corrected chi connectivity index (χ3v) is 3.24. The van der Waals surface area contributed by atoms with Crippen LogP contribution in [0.4, 0.5) is 0 Å². The average Bonchev–Trinajstić information content (AvgIpc) is 2.54. The summed E-state index contributed by atoms with van der Waals surface area (Å²) in [6, 6.07) is 9.66. The van der Waals surface area contributed by atoms with E-state index in [1.165, 1.54) is 0 Å². The number of methoxy groups -OCH3 is 2. The molecule has 5 nitrogen and oxygen atoms in total. The summed E-state index contributed by atoms with van der Waals surface area (Å²) in [6.45, 7) is 1.99. The monoisotopic (exact) mass is 289 g/mol. The van der Waals surface area contributed by atoms with Gasteiger partial charge in [0, 0.05) is 12.0 Å². The quantitative estimate of drug-likeness (QED) is 0.831. The molecule has 5 heteroatoms. The van der Waals surface area contributed by atoms with Crippen LogP contribution in [0, 0.1) is 0 Å². The van der Waals surface area contributed by atoms with E-state index in [4.69, 9.17) is 14.3 Å². The van der Waals surface area contributed by atoms with E-state index < -0.39 is 0 Å². The summed E-state index contributed by atoms with van der Waals surface area (Å²) >= 11 is 0. The minimum absolute atomic E-state index is 0.160. The number of ether oxygens (including phenoxy) is 2. The number of nitrogens with one attached hydrogen (secondary N) is 1. The maximum absolute atomic E-state index is 11.2. The summed E-state index contributed by atoms with van der Waals surface area (Å²) < 4.78 is 10.6. The first-order valence-electron chi connectivity index (χ1n) is 6.73. The van der Waals surface area contributed by atoms with Crippen molar-refractivity contribution >= 4 is 16.7 Å². The minimum atomic E-state index is -0.160. The lowest BCUT2D eigenvalue weighted by atomic mass is 10.0. The van der Waals surface area contributed by atoms with Crippen molar-refractivity contribution in [3.63, 3.8) is 0 Å². The van der Waals surface area contributed by atoms with E-state index in [9.17, 15) is 4.79 Å². The molecule has 0 fully saturated rings. The molecule has 112 valence electrons. The van der Waals surface area contributed by atoms with Crippen LogP contribution in [0.5, 0.6) is 11.5 Å². The molecule has 1 amide bonds. The highest BCUT2D eigenvalue weighted by Gasteiger charge is 2.10.